The van der Waals surface area contributed by atoms with E-state index in [0.717, 1.165) is 23.3 Å². The van der Waals surface area contributed by atoms with Crippen molar-refractivity contribution in [2.45, 2.75) is 18.4 Å². The highest BCUT2D eigenvalue weighted by Gasteiger charge is 2.01. The monoisotopic (exact) mass is 289 g/mol. The van der Waals surface area contributed by atoms with Crippen LogP contribution in [0.25, 0.3) is 0 Å². The molecule has 0 bridgehead atoms. The topological polar surface area (TPSA) is 32.3 Å². The molecule has 0 saturated heterocycles. The fraction of sp³-hybridized carbons (Fsp3) is 0.455. The van der Waals surface area contributed by atoms with Gasteiger partial charge in [-0.2, -0.15) is 0 Å². The van der Waals surface area contributed by atoms with Crippen LogP contribution in [-0.2, 0) is 6.54 Å². The molecule has 0 aliphatic heterocycles. The number of aliphatic hydroxyl groups is 1. The van der Waals surface area contributed by atoms with Gasteiger partial charge in [0.2, 0.25) is 0 Å². The third-order valence-corrected chi connectivity index (χ3v) is 3.66. The third-order valence-electron chi connectivity index (χ3n) is 1.95. The quantitative estimate of drug-likeness (QED) is 0.790. The lowest BCUT2D eigenvalue weighted by Gasteiger charge is -2.07. The summed E-state index contributed by atoms with van der Waals surface area (Å²) in [6.45, 7) is 4.19. The highest BCUT2D eigenvalue weighted by Crippen LogP contribution is 2.25. The van der Waals surface area contributed by atoms with Gasteiger partial charge in [0.15, 0.2) is 0 Å². The van der Waals surface area contributed by atoms with E-state index in [1.165, 1.54) is 10.5 Å². The minimum absolute atomic E-state index is 0.224. The molecule has 0 aromatic heterocycles. The number of halogens is 1. The first kappa shape index (κ1) is 13.0. The first-order valence-corrected chi connectivity index (χ1v) is 6.78. The van der Waals surface area contributed by atoms with Crippen LogP contribution >= 0.6 is 27.7 Å². The molecular formula is C11H16BrNOS. The van der Waals surface area contributed by atoms with E-state index in [2.05, 4.69) is 46.4 Å². The molecule has 15 heavy (non-hydrogen) atoms. The molecule has 0 atom stereocenters. The second-order valence-electron chi connectivity index (χ2n) is 3.11. The maximum absolute atomic E-state index is 8.73. The van der Waals surface area contributed by atoms with E-state index in [0.29, 0.717) is 0 Å². The molecule has 0 aliphatic rings. The van der Waals surface area contributed by atoms with E-state index in [4.69, 9.17) is 5.11 Å². The fourth-order valence-corrected chi connectivity index (χ4v) is 2.55. The van der Waals surface area contributed by atoms with Crippen LogP contribution in [0.4, 0.5) is 0 Å². The predicted octanol–water partition coefficient (Wildman–Crippen LogP) is 2.64. The van der Waals surface area contributed by atoms with E-state index >= 15 is 0 Å². The maximum Gasteiger partial charge on any atom is 0.0525 e. The van der Waals surface area contributed by atoms with Gasteiger partial charge in [-0.25, -0.2) is 0 Å². The smallest absolute Gasteiger partial charge is 0.0525 e. The van der Waals surface area contributed by atoms with Crippen molar-refractivity contribution in [3.05, 3.63) is 28.2 Å². The van der Waals surface area contributed by atoms with Crippen LogP contribution in [0.15, 0.2) is 27.6 Å². The van der Waals surface area contributed by atoms with Gasteiger partial charge < -0.3 is 10.4 Å². The SMILES string of the molecule is CCNCc1ccc(SCCO)cc1Br. The van der Waals surface area contributed by atoms with Crippen LogP contribution in [0.3, 0.4) is 0 Å². The van der Waals surface area contributed by atoms with Gasteiger partial charge in [-0.3, -0.25) is 0 Å². The number of hydrogen-bond donors (Lipinski definition) is 2. The number of hydrogen-bond acceptors (Lipinski definition) is 3. The lowest BCUT2D eigenvalue weighted by molar-refractivity contribution is 0.322. The summed E-state index contributed by atoms with van der Waals surface area (Å²) < 4.78 is 1.13. The summed E-state index contributed by atoms with van der Waals surface area (Å²) in [7, 11) is 0. The Balaban J connectivity index is 2.61. The second kappa shape index (κ2) is 7.28. The van der Waals surface area contributed by atoms with Gasteiger partial charge in [-0.15, -0.1) is 11.8 Å². The summed E-state index contributed by atoms with van der Waals surface area (Å²) in [5, 5.41) is 12.0. The molecule has 1 aromatic carbocycles. The summed E-state index contributed by atoms with van der Waals surface area (Å²) >= 11 is 5.22. The Bertz CT molecular complexity index is 307. The Kier molecular flexibility index (Phi) is 6.32. The fourth-order valence-electron chi connectivity index (χ4n) is 1.18. The largest absolute Gasteiger partial charge is 0.396 e. The van der Waals surface area contributed by atoms with Gasteiger partial charge in [0.05, 0.1) is 6.61 Å². The lowest BCUT2D eigenvalue weighted by atomic mass is 10.2. The summed E-state index contributed by atoms with van der Waals surface area (Å²) in [5.41, 5.74) is 1.27. The van der Waals surface area contributed by atoms with E-state index in [1.54, 1.807) is 11.8 Å². The van der Waals surface area contributed by atoms with Crippen molar-refractivity contribution in [3.8, 4) is 0 Å². The Hall–Kier alpha value is -0.0300. The van der Waals surface area contributed by atoms with Gasteiger partial charge in [0.25, 0.3) is 0 Å². The molecule has 84 valence electrons. The van der Waals surface area contributed by atoms with E-state index in [1.807, 2.05) is 0 Å². The zero-order chi connectivity index (χ0) is 11.1. The van der Waals surface area contributed by atoms with E-state index in [9.17, 15) is 0 Å². The summed E-state index contributed by atoms with van der Waals surface area (Å²) in [5.74, 6) is 0.749. The average Bonchev–Trinajstić information content (AvgIpc) is 2.25. The minimum Gasteiger partial charge on any atom is -0.396 e. The Morgan fingerprint density at radius 1 is 1.47 bits per heavy atom. The van der Waals surface area contributed by atoms with E-state index < -0.39 is 0 Å². The highest BCUT2D eigenvalue weighted by molar-refractivity contribution is 9.10. The molecule has 0 saturated carbocycles. The predicted molar refractivity (Wildman–Crippen MR) is 69.3 cm³/mol. The molecule has 2 N–H and O–H groups in total. The molecule has 0 radical (unpaired) electrons. The first-order chi connectivity index (χ1) is 7.27. The second-order valence-corrected chi connectivity index (χ2v) is 5.13. The van der Waals surface area contributed by atoms with Gasteiger partial charge >= 0.3 is 0 Å². The maximum atomic E-state index is 8.73. The lowest BCUT2D eigenvalue weighted by Crippen LogP contribution is -2.11. The number of benzene rings is 1. The normalized spacial score (nSPS) is 10.6. The van der Waals surface area contributed by atoms with Crippen molar-refractivity contribution in [3.63, 3.8) is 0 Å². The van der Waals surface area contributed by atoms with Gasteiger partial charge in [-0.1, -0.05) is 28.9 Å². The first-order valence-electron chi connectivity index (χ1n) is 5.00. The number of rotatable bonds is 6. The van der Waals surface area contributed by atoms with Crippen LogP contribution in [-0.4, -0.2) is 24.0 Å². The zero-order valence-corrected chi connectivity index (χ0v) is 11.2. The number of thioether (sulfide) groups is 1. The van der Waals surface area contributed by atoms with Crippen LogP contribution in [0.5, 0.6) is 0 Å². The molecule has 0 fully saturated rings. The molecular weight excluding hydrogens is 274 g/mol. The minimum atomic E-state index is 0.224. The van der Waals surface area contributed by atoms with Gasteiger partial charge in [-0.05, 0) is 24.2 Å². The molecule has 0 spiro atoms. The molecule has 1 rings (SSSR count). The average molecular weight is 290 g/mol. The third kappa shape index (κ3) is 4.55. The summed E-state index contributed by atoms with van der Waals surface area (Å²) in [4.78, 5) is 1.19. The van der Waals surface area contributed by atoms with Crippen molar-refractivity contribution in [2.24, 2.45) is 0 Å². The standard InChI is InChI=1S/C11H16BrNOS/c1-2-13-8-9-3-4-10(7-11(9)12)15-6-5-14/h3-4,7,13-14H,2,5-6,8H2,1H3. The highest BCUT2D eigenvalue weighted by atomic mass is 79.9. The van der Waals surface area contributed by atoms with Crippen molar-refractivity contribution in [1.82, 2.24) is 5.32 Å². The summed E-state index contributed by atoms with van der Waals surface area (Å²) in [6, 6.07) is 6.32. The van der Waals surface area contributed by atoms with Crippen molar-refractivity contribution < 1.29 is 5.11 Å². The van der Waals surface area contributed by atoms with Crippen molar-refractivity contribution >= 4 is 27.7 Å². The van der Waals surface area contributed by atoms with Crippen LogP contribution in [0.1, 0.15) is 12.5 Å². The Morgan fingerprint density at radius 2 is 2.27 bits per heavy atom. The zero-order valence-electron chi connectivity index (χ0n) is 8.79. The molecule has 0 unspecified atom stereocenters. The van der Waals surface area contributed by atoms with Gasteiger partial charge in [0, 0.05) is 21.7 Å². The summed E-state index contributed by atoms with van der Waals surface area (Å²) in [6.07, 6.45) is 0. The number of nitrogens with one attached hydrogen (secondary N) is 1. The van der Waals surface area contributed by atoms with Crippen LogP contribution in [0.2, 0.25) is 0 Å². The number of aliphatic hydroxyl groups excluding tert-OH is 1. The van der Waals surface area contributed by atoms with E-state index in [-0.39, 0.29) is 6.61 Å². The molecule has 0 heterocycles. The molecule has 0 aliphatic carbocycles. The molecule has 0 amide bonds. The molecule has 1 aromatic rings. The molecule has 2 nitrogen and oxygen atoms in total. The van der Waals surface area contributed by atoms with Gasteiger partial charge in [0.1, 0.15) is 0 Å². The van der Waals surface area contributed by atoms with Crippen LogP contribution < -0.4 is 5.32 Å². The Labute approximate surface area is 104 Å². The molecule has 4 heteroatoms. The Morgan fingerprint density at radius 3 is 2.87 bits per heavy atom. The van der Waals surface area contributed by atoms with Crippen molar-refractivity contribution in [2.75, 3.05) is 18.9 Å². The van der Waals surface area contributed by atoms with Crippen LogP contribution in [0, 0.1) is 0 Å². The van der Waals surface area contributed by atoms with Crippen molar-refractivity contribution in [1.29, 1.82) is 0 Å².